The van der Waals surface area contributed by atoms with Crippen molar-refractivity contribution in [2.24, 2.45) is 0 Å². The van der Waals surface area contributed by atoms with Crippen LogP contribution in [0.25, 0.3) is 6.08 Å². The molecule has 29 heavy (non-hydrogen) atoms. The van der Waals surface area contributed by atoms with Crippen LogP contribution in [0.2, 0.25) is 5.02 Å². The zero-order valence-electron chi connectivity index (χ0n) is 16.4. The fourth-order valence-electron chi connectivity index (χ4n) is 3.26. The molecular weight excluding hydrogens is 388 g/mol. The summed E-state index contributed by atoms with van der Waals surface area (Å²) in [5.74, 6) is -1.43. The Morgan fingerprint density at radius 1 is 1.14 bits per heavy atom. The van der Waals surface area contributed by atoms with Gasteiger partial charge in [-0.15, -0.1) is 0 Å². The van der Waals surface area contributed by atoms with E-state index in [2.05, 4.69) is 0 Å². The van der Waals surface area contributed by atoms with Crippen LogP contribution < -0.4 is 0 Å². The van der Waals surface area contributed by atoms with Gasteiger partial charge >= 0.3 is 0 Å². The predicted molar refractivity (Wildman–Crippen MR) is 115 cm³/mol. The van der Waals surface area contributed by atoms with Gasteiger partial charge in [0.1, 0.15) is 0 Å². The first kappa shape index (κ1) is 20.8. The number of hydrogen-bond acceptors (Lipinski definition) is 4. The SMILES string of the molecule is CN(C)CCN1C(=O)C(O)=C(C(=O)/C=C/c2ccccc2)C1c1ccc(Cl)cc1. The summed E-state index contributed by atoms with van der Waals surface area (Å²) < 4.78 is 0. The molecule has 1 unspecified atom stereocenters. The largest absolute Gasteiger partial charge is 0.503 e. The molecule has 2 aromatic carbocycles. The number of rotatable bonds is 7. The Bertz CT molecular complexity index is 950. The molecule has 1 amide bonds. The molecule has 0 aliphatic carbocycles. The van der Waals surface area contributed by atoms with Crippen molar-refractivity contribution in [1.82, 2.24) is 9.80 Å². The Balaban J connectivity index is 1.97. The van der Waals surface area contributed by atoms with Gasteiger partial charge in [0.05, 0.1) is 11.6 Å². The van der Waals surface area contributed by atoms with Gasteiger partial charge in [0.25, 0.3) is 5.91 Å². The number of ketones is 1. The molecule has 1 N–H and O–H groups in total. The molecule has 6 heteroatoms. The van der Waals surface area contributed by atoms with Crippen LogP contribution >= 0.6 is 11.6 Å². The lowest BCUT2D eigenvalue weighted by Gasteiger charge is -2.27. The van der Waals surface area contributed by atoms with Gasteiger partial charge in [-0.2, -0.15) is 0 Å². The van der Waals surface area contributed by atoms with E-state index in [0.717, 1.165) is 11.1 Å². The number of benzene rings is 2. The molecule has 0 spiro atoms. The number of hydrogen-bond donors (Lipinski definition) is 1. The van der Waals surface area contributed by atoms with Crippen LogP contribution in [-0.2, 0) is 9.59 Å². The first-order valence-corrected chi connectivity index (χ1v) is 9.68. The average Bonchev–Trinajstić information content (AvgIpc) is 2.96. The van der Waals surface area contributed by atoms with Crippen molar-refractivity contribution in [3.05, 3.63) is 88.2 Å². The molecular formula is C23H23ClN2O3. The van der Waals surface area contributed by atoms with Crippen molar-refractivity contribution in [3.63, 3.8) is 0 Å². The molecule has 5 nitrogen and oxygen atoms in total. The molecule has 3 rings (SSSR count). The Morgan fingerprint density at radius 2 is 1.79 bits per heavy atom. The number of carbonyl (C=O) groups is 2. The minimum Gasteiger partial charge on any atom is -0.503 e. The van der Waals surface area contributed by atoms with E-state index in [1.807, 2.05) is 49.3 Å². The Kier molecular flexibility index (Phi) is 6.52. The fraction of sp³-hybridized carbons (Fsp3) is 0.217. The van der Waals surface area contributed by atoms with Gasteiger partial charge in [-0.05, 0) is 43.4 Å². The number of aliphatic hydroxyl groups excluding tert-OH is 1. The van der Waals surface area contributed by atoms with E-state index in [1.165, 1.54) is 11.0 Å². The summed E-state index contributed by atoms with van der Waals surface area (Å²) in [5.41, 5.74) is 1.67. The third-order valence-electron chi connectivity index (χ3n) is 4.77. The molecule has 2 aromatic rings. The molecule has 0 aromatic heterocycles. The lowest BCUT2D eigenvalue weighted by atomic mass is 9.95. The average molecular weight is 411 g/mol. The number of allylic oxidation sites excluding steroid dienone is 1. The van der Waals surface area contributed by atoms with Gasteiger partial charge in [-0.25, -0.2) is 0 Å². The second-order valence-electron chi connectivity index (χ2n) is 7.13. The van der Waals surface area contributed by atoms with Crippen LogP contribution in [0.3, 0.4) is 0 Å². The summed E-state index contributed by atoms with van der Waals surface area (Å²) in [5, 5.41) is 11.1. The minimum atomic E-state index is -0.660. The van der Waals surface area contributed by atoms with Gasteiger partial charge in [0.15, 0.2) is 11.5 Å². The van der Waals surface area contributed by atoms with Gasteiger partial charge in [-0.3, -0.25) is 9.59 Å². The van der Waals surface area contributed by atoms with Crippen molar-refractivity contribution in [2.45, 2.75) is 6.04 Å². The van der Waals surface area contributed by atoms with Crippen LogP contribution in [0.5, 0.6) is 0 Å². The minimum absolute atomic E-state index is 0.0864. The number of likely N-dealkylation sites (N-methyl/N-ethyl adjacent to an activating group) is 1. The van der Waals surface area contributed by atoms with E-state index < -0.39 is 23.5 Å². The number of halogens is 1. The highest BCUT2D eigenvalue weighted by molar-refractivity contribution is 6.30. The number of nitrogens with zero attached hydrogens (tertiary/aromatic N) is 2. The van der Waals surface area contributed by atoms with Crippen molar-refractivity contribution in [2.75, 3.05) is 27.2 Å². The highest BCUT2D eigenvalue weighted by Crippen LogP contribution is 2.38. The predicted octanol–water partition coefficient (Wildman–Crippen LogP) is 3.88. The lowest BCUT2D eigenvalue weighted by Crippen LogP contribution is -2.36. The van der Waals surface area contributed by atoms with Crippen LogP contribution in [0.4, 0.5) is 0 Å². The van der Waals surface area contributed by atoms with Gasteiger partial charge < -0.3 is 14.9 Å². The zero-order valence-corrected chi connectivity index (χ0v) is 17.1. The fourth-order valence-corrected chi connectivity index (χ4v) is 3.39. The van der Waals surface area contributed by atoms with E-state index in [-0.39, 0.29) is 5.57 Å². The Hall–Kier alpha value is -2.89. The second-order valence-corrected chi connectivity index (χ2v) is 7.56. The molecule has 0 radical (unpaired) electrons. The molecule has 1 aliphatic heterocycles. The first-order chi connectivity index (χ1) is 13.9. The molecule has 0 saturated carbocycles. The highest BCUT2D eigenvalue weighted by atomic mass is 35.5. The smallest absolute Gasteiger partial charge is 0.290 e. The van der Waals surface area contributed by atoms with Crippen LogP contribution in [0.1, 0.15) is 17.2 Å². The summed E-state index contributed by atoms with van der Waals surface area (Å²) >= 11 is 6.00. The van der Waals surface area contributed by atoms with E-state index in [4.69, 9.17) is 11.6 Å². The molecule has 0 saturated heterocycles. The van der Waals surface area contributed by atoms with Crippen molar-refractivity contribution < 1.29 is 14.7 Å². The molecule has 0 fully saturated rings. The van der Waals surface area contributed by atoms with Crippen LogP contribution in [0, 0.1) is 0 Å². The topological polar surface area (TPSA) is 60.9 Å². The lowest BCUT2D eigenvalue weighted by molar-refractivity contribution is -0.129. The third-order valence-corrected chi connectivity index (χ3v) is 5.02. The molecule has 1 aliphatic rings. The third kappa shape index (κ3) is 4.75. The molecule has 150 valence electrons. The summed E-state index contributed by atoms with van der Waals surface area (Å²) in [7, 11) is 3.81. The van der Waals surface area contributed by atoms with E-state index in [1.54, 1.807) is 30.3 Å². The van der Waals surface area contributed by atoms with Crippen LogP contribution in [-0.4, -0.2) is 53.8 Å². The van der Waals surface area contributed by atoms with E-state index in [9.17, 15) is 14.7 Å². The summed E-state index contributed by atoms with van der Waals surface area (Å²) in [4.78, 5) is 29.2. The maximum absolute atomic E-state index is 13.0. The van der Waals surface area contributed by atoms with E-state index >= 15 is 0 Å². The number of aliphatic hydroxyl groups is 1. The summed E-state index contributed by atoms with van der Waals surface area (Å²) in [6.45, 7) is 0.979. The first-order valence-electron chi connectivity index (χ1n) is 9.30. The summed E-state index contributed by atoms with van der Waals surface area (Å²) in [6, 6.07) is 15.7. The van der Waals surface area contributed by atoms with Crippen molar-refractivity contribution in [1.29, 1.82) is 0 Å². The Morgan fingerprint density at radius 3 is 2.41 bits per heavy atom. The van der Waals surface area contributed by atoms with Gasteiger partial charge in [0, 0.05) is 18.1 Å². The zero-order chi connectivity index (χ0) is 21.0. The second kappa shape index (κ2) is 9.07. The molecule has 1 heterocycles. The number of carbonyl (C=O) groups excluding carboxylic acids is 2. The van der Waals surface area contributed by atoms with Crippen molar-refractivity contribution >= 4 is 29.4 Å². The number of amides is 1. The molecule has 0 bridgehead atoms. The van der Waals surface area contributed by atoms with Gasteiger partial charge in [0.2, 0.25) is 0 Å². The quantitative estimate of drug-likeness (QED) is 0.704. The normalized spacial score (nSPS) is 17.0. The van der Waals surface area contributed by atoms with Crippen LogP contribution in [0.15, 0.2) is 72.0 Å². The van der Waals surface area contributed by atoms with Gasteiger partial charge in [-0.1, -0.05) is 60.1 Å². The van der Waals surface area contributed by atoms with Crippen molar-refractivity contribution in [3.8, 4) is 0 Å². The monoisotopic (exact) mass is 410 g/mol. The Labute approximate surface area is 175 Å². The standard InChI is InChI=1S/C23H23ClN2O3/c1-25(2)14-15-26-21(17-9-11-18(24)12-10-17)20(22(28)23(26)29)19(27)13-8-16-6-4-3-5-7-16/h3-13,21,28H,14-15H2,1-2H3/b13-8+. The maximum Gasteiger partial charge on any atom is 0.290 e. The highest BCUT2D eigenvalue weighted by Gasteiger charge is 2.42. The van der Waals surface area contributed by atoms with E-state index in [0.29, 0.717) is 18.1 Å². The molecule has 1 atom stereocenters. The summed E-state index contributed by atoms with van der Waals surface area (Å²) in [6.07, 6.45) is 3.07. The maximum atomic E-state index is 13.0.